The standard InChI is InChI=1S/C13H14FNO4/c14-10-5-6-11(15(17)18)12(8-10)19-13(16)7-9-3-1-2-4-9/h5-6,8-9H,1-4,7H2. The Morgan fingerprint density at radius 3 is 2.74 bits per heavy atom. The minimum absolute atomic E-state index is 0.230. The van der Waals surface area contributed by atoms with E-state index < -0.39 is 22.4 Å². The normalized spacial score (nSPS) is 15.4. The van der Waals surface area contributed by atoms with Crippen LogP contribution in [0.1, 0.15) is 32.1 Å². The van der Waals surface area contributed by atoms with Gasteiger partial charge in [0.2, 0.25) is 5.75 Å². The van der Waals surface area contributed by atoms with Crippen molar-refractivity contribution in [3.63, 3.8) is 0 Å². The van der Waals surface area contributed by atoms with Gasteiger partial charge in [-0.05, 0) is 24.8 Å². The molecule has 0 N–H and O–H groups in total. The summed E-state index contributed by atoms with van der Waals surface area (Å²) in [6.45, 7) is 0. The zero-order chi connectivity index (χ0) is 13.8. The lowest BCUT2D eigenvalue weighted by molar-refractivity contribution is -0.385. The first-order chi connectivity index (χ1) is 9.06. The number of carbonyl (C=O) groups excluding carboxylic acids is 1. The van der Waals surface area contributed by atoms with Gasteiger partial charge in [-0.3, -0.25) is 14.9 Å². The van der Waals surface area contributed by atoms with E-state index in [9.17, 15) is 19.3 Å². The van der Waals surface area contributed by atoms with Gasteiger partial charge in [-0.15, -0.1) is 0 Å². The van der Waals surface area contributed by atoms with E-state index in [-0.39, 0.29) is 18.1 Å². The maximum Gasteiger partial charge on any atom is 0.311 e. The van der Waals surface area contributed by atoms with Crippen LogP contribution in [0.15, 0.2) is 18.2 Å². The van der Waals surface area contributed by atoms with E-state index in [0.717, 1.165) is 43.9 Å². The molecule has 1 aliphatic rings. The summed E-state index contributed by atoms with van der Waals surface area (Å²) in [6, 6.07) is 2.82. The topological polar surface area (TPSA) is 69.4 Å². The Bertz CT molecular complexity index is 497. The lowest BCUT2D eigenvalue weighted by Gasteiger charge is -2.08. The summed E-state index contributed by atoms with van der Waals surface area (Å²) in [5, 5.41) is 10.8. The summed E-state index contributed by atoms with van der Waals surface area (Å²) < 4.78 is 18.0. The molecular weight excluding hydrogens is 253 g/mol. The first-order valence-electron chi connectivity index (χ1n) is 6.21. The Morgan fingerprint density at radius 1 is 1.42 bits per heavy atom. The average Bonchev–Trinajstić information content (AvgIpc) is 2.81. The van der Waals surface area contributed by atoms with Crippen LogP contribution < -0.4 is 4.74 Å². The number of hydrogen-bond acceptors (Lipinski definition) is 4. The van der Waals surface area contributed by atoms with Gasteiger partial charge in [0.25, 0.3) is 0 Å². The predicted molar refractivity (Wildman–Crippen MR) is 65.3 cm³/mol. The van der Waals surface area contributed by atoms with Gasteiger partial charge in [-0.1, -0.05) is 12.8 Å². The molecule has 1 saturated carbocycles. The first kappa shape index (κ1) is 13.5. The molecule has 1 aliphatic carbocycles. The van der Waals surface area contributed by atoms with Gasteiger partial charge in [0.05, 0.1) is 4.92 Å². The molecule has 6 heteroatoms. The summed E-state index contributed by atoms with van der Waals surface area (Å²) in [5.41, 5.74) is -0.402. The number of nitro benzene ring substituents is 1. The molecule has 19 heavy (non-hydrogen) atoms. The van der Waals surface area contributed by atoms with Crippen molar-refractivity contribution in [3.05, 3.63) is 34.1 Å². The van der Waals surface area contributed by atoms with Crippen molar-refractivity contribution in [1.29, 1.82) is 0 Å². The lowest BCUT2D eigenvalue weighted by atomic mass is 10.0. The first-order valence-corrected chi connectivity index (χ1v) is 6.21. The Balaban J connectivity index is 2.06. The van der Waals surface area contributed by atoms with Crippen LogP contribution in [0.4, 0.5) is 10.1 Å². The average molecular weight is 267 g/mol. The zero-order valence-corrected chi connectivity index (χ0v) is 10.3. The quantitative estimate of drug-likeness (QED) is 0.363. The van der Waals surface area contributed by atoms with Crippen molar-refractivity contribution < 1.29 is 18.8 Å². The minimum atomic E-state index is -0.697. The summed E-state index contributed by atoms with van der Waals surface area (Å²) in [4.78, 5) is 21.7. The van der Waals surface area contributed by atoms with Crippen LogP contribution in [0.5, 0.6) is 5.75 Å². The highest BCUT2D eigenvalue weighted by atomic mass is 19.1. The molecule has 1 fully saturated rings. The second-order valence-corrected chi connectivity index (χ2v) is 4.70. The maximum atomic E-state index is 13.1. The van der Waals surface area contributed by atoms with Crippen molar-refractivity contribution >= 4 is 11.7 Å². The monoisotopic (exact) mass is 267 g/mol. The SMILES string of the molecule is O=C(CC1CCCC1)Oc1cc(F)ccc1[N+](=O)[O-]. The fourth-order valence-electron chi connectivity index (χ4n) is 2.34. The Kier molecular flexibility index (Phi) is 4.09. The molecule has 1 aromatic carbocycles. The maximum absolute atomic E-state index is 13.1. The lowest BCUT2D eigenvalue weighted by Crippen LogP contribution is -2.13. The van der Waals surface area contributed by atoms with Crippen LogP contribution in [0, 0.1) is 21.8 Å². The smallest absolute Gasteiger partial charge is 0.311 e. The van der Waals surface area contributed by atoms with Gasteiger partial charge < -0.3 is 4.74 Å². The molecular formula is C13H14FNO4. The minimum Gasteiger partial charge on any atom is -0.419 e. The second-order valence-electron chi connectivity index (χ2n) is 4.70. The van der Waals surface area contributed by atoms with Crippen LogP contribution in [0.2, 0.25) is 0 Å². The fraction of sp³-hybridized carbons (Fsp3) is 0.462. The second kappa shape index (κ2) is 5.77. The number of nitrogens with zero attached hydrogens (tertiary/aromatic N) is 1. The van der Waals surface area contributed by atoms with Crippen LogP contribution in [-0.4, -0.2) is 10.9 Å². The molecule has 0 atom stereocenters. The molecule has 2 rings (SSSR count). The van der Waals surface area contributed by atoms with E-state index in [4.69, 9.17) is 4.74 Å². The third-order valence-corrected chi connectivity index (χ3v) is 3.27. The Labute approximate surface area is 109 Å². The summed E-state index contributed by atoms with van der Waals surface area (Å²) >= 11 is 0. The molecule has 5 nitrogen and oxygen atoms in total. The van der Waals surface area contributed by atoms with Gasteiger partial charge in [0, 0.05) is 18.6 Å². The summed E-state index contributed by atoms with van der Waals surface area (Å²) in [6.07, 6.45) is 4.37. The third-order valence-electron chi connectivity index (χ3n) is 3.27. The molecule has 0 saturated heterocycles. The van der Waals surface area contributed by atoms with Gasteiger partial charge >= 0.3 is 11.7 Å². The van der Waals surface area contributed by atoms with E-state index >= 15 is 0 Å². The van der Waals surface area contributed by atoms with Crippen molar-refractivity contribution in [3.8, 4) is 5.75 Å². The molecule has 102 valence electrons. The number of esters is 1. The summed E-state index contributed by atoms with van der Waals surface area (Å²) in [7, 11) is 0. The molecule has 0 aromatic heterocycles. The number of carbonyl (C=O) groups is 1. The van der Waals surface area contributed by atoms with Crippen molar-refractivity contribution in [2.45, 2.75) is 32.1 Å². The molecule has 0 heterocycles. The van der Waals surface area contributed by atoms with Crippen molar-refractivity contribution in [2.24, 2.45) is 5.92 Å². The Hall–Kier alpha value is -1.98. The molecule has 0 radical (unpaired) electrons. The zero-order valence-electron chi connectivity index (χ0n) is 10.3. The number of halogens is 1. The number of nitro groups is 1. The number of rotatable bonds is 4. The van der Waals surface area contributed by atoms with Crippen LogP contribution in [-0.2, 0) is 4.79 Å². The van der Waals surface area contributed by atoms with E-state index in [1.54, 1.807) is 0 Å². The molecule has 0 spiro atoms. The Morgan fingerprint density at radius 2 is 2.11 bits per heavy atom. The van der Waals surface area contributed by atoms with Crippen molar-refractivity contribution in [2.75, 3.05) is 0 Å². The van der Waals surface area contributed by atoms with Crippen molar-refractivity contribution in [1.82, 2.24) is 0 Å². The highest BCUT2D eigenvalue weighted by molar-refractivity contribution is 5.74. The predicted octanol–water partition coefficient (Wildman–Crippen LogP) is 3.22. The number of benzene rings is 1. The van der Waals surface area contributed by atoms with E-state index in [1.165, 1.54) is 0 Å². The molecule has 0 bridgehead atoms. The molecule has 1 aromatic rings. The van der Waals surface area contributed by atoms with Crippen LogP contribution in [0.3, 0.4) is 0 Å². The molecule has 0 unspecified atom stereocenters. The van der Waals surface area contributed by atoms with E-state index in [2.05, 4.69) is 0 Å². The highest BCUT2D eigenvalue weighted by Crippen LogP contribution is 2.30. The third kappa shape index (κ3) is 3.49. The number of hydrogen-bond donors (Lipinski definition) is 0. The van der Waals surface area contributed by atoms with Gasteiger partial charge in [0.15, 0.2) is 0 Å². The van der Waals surface area contributed by atoms with Gasteiger partial charge in [-0.2, -0.15) is 0 Å². The van der Waals surface area contributed by atoms with E-state index in [1.807, 2.05) is 0 Å². The van der Waals surface area contributed by atoms with E-state index in [0.29, 0.717) is 0 Å². The highest BCUT2D eigenvalue weighted by Gasteiger charge is 2.23. The van der Waals surface area contributed by atoms with Gasteiger partial charge in [0.1, 0.15) is 5.82 Å². The fourth-order valence-corrected chi connectivity index (χ4v) is 2.34. The number of ether oxygens (including phenoxy) is 1. The molecule has 0 aliphatic heterocycles. The largest absolute Gasteiger partial charge is 0.419 e. The van der Waals surface area contributed by atoms with Crippen LogP contribution >= 0.6 is 0 Å². The van der Waals surface area contributed by atoms with Crippen LogP contribution in [0.25, 0.3) is 0 Å². The van der Waals surface area contributed by atoms with Gasteiger partial charge in [-0.25, -0.2) is 4.39 Å². The summed E-state index contributed by atoms with van der Waals surface area (Å²) in [5.74, 6) is -1.26. The molecule has 0 amide bonds.